The maximum atomic E-state index is 6.14. The van der Waals surface area contributed by atoms with Gasteiger partial charge < -0.3 is 11.1 Å². The van der Waals surface area contributed by atoms with Crippen molar-refractivity contribution in [2.75, 3.05) is 6.54 Å². The van der Waals surface area contributed by atoms with Crippen molar-refractivity contribution in [3.63, 3.8) is 0 Å². The van der Waals surface area contributed by atoms with E-state index < -0.39 is 0 Å². The van der Waals surface area contributed by atoms with Gasteiger partial charge in [-0.1, -0.05) is 18.5 Å². The van der Waals surface area contributed by atoms with Crippen molar-refractivity contribution < 1.29 is 0 Å². The molecule has 15 heavy (non-hydrogen) atoms. The fourth-order valence-corrected chi connectivity index (χ4v) is 2.76. The molecular weight excluding hydrogens is 228 g/mol. The molecule has 2 unspecified atom stereocenters. The Bertz CT molecular complexity index is 322. The second-order valence-electron chi connectivity index (χ2n) is 4.30. The van der Waals surface area contributed by atoms with E-state index in [9.17, 15) is 0 Å². The van der Waals surface area contributed by atoms with E-state index in [1.54, 1.807) is 11.3 Å². The van der Waals surface area contributed by atoms with Crippen molar-refractivity contribution in [3.8, 4) is 0 Å². The lowest BCUT2D eigenvalue weighted by atomic mass is 10.0. The monoisotopic (exact) mass is 244 g/mol. The molecule has 0 bridgehead atoms. The van der Waals surface area contributed by atoms with Gasteiger partial charge in [0.05, 0.1) is 5.02 Å². The molecule has 2 rings (SSSR count). The summed E-state index contributed by atoms with van der Waals surface area (Å²) >= 11 is 7.60. The van der Waals surface area contributed by atoms with Gasteiger partial charge >= 0.3 is 0 Å². The molecule has 3 N–H and O–H groups in total. The molecule has 1 fully saturated rings. The molecule has 0 saturated heterocycles. The molecule has 1 aromatic heterocycles. The summed E-state index contributed by atoms with van der Waals surface area (Å²) in [7, 11) is 0. The second kappa shape index (κ2) is 4.83. The van der Waals surface area contributed by atoms with Crippen molar-refractivity contribution >= 4 is 22.9 Å². The van der Waals surface area contributed by atoms with Crippen LogP contribution >= 0.6 is 22.9 Å². The van der Waals surface area contributed by atoms with E-state index in [0.717, 1.165) is 17.6 Å². The predicted octanol–water partition coefficient (Wildman–Crippen LogP) is 2.58. The fourth-order valence-electron chi connectivity index (χ4n) is 1.55. The van der Waals surface area contributed by atoms with Crippen LogP contribution in [0.5, 0.6) is 0 Å². The Morgan fingerprint density at radius 3 is 2.93 bits per heavy atom. The van der Waals surface area contributed by atoms with E-state index >= 15 is 0 Å². The molecule has 2 nitrogen and oxygen atoms in total. The number of hydrogen-bond donors (Lipinski definition) is 2. The highest BCUT2D eigenvalue weighted by Gasteiger charge is 2.23. The van der Waals surface area contributed by atoms with Gasteiger partial charge in [0.2, 0.25) is 0 Å². The number of thiophene rings is 1. The highest BCUT2D eigenvalue weighted by atomic mass is 35.5. The number of nitrogens with one attached hydrogen (secondary N) is 1. The molecule has 2 atom stereocenters. The van der Waals surface area contributed by atoms with Gasteiger partial charge in [0.15, 0.2) is 0 Å². The average molecular weight is 245 g/mol. The standard InChI is InChI=1S/C11H17ClN2S/c1-7(11-4-8(12)6-15-11)10(13)5-14-9-2-3-9/h4,6-7,9-10,14H,2-3,5,13H2,1H3. The minimum Gasteiger partial charge on any atom is -0.326 e. The maximum Gasteiger partial charge on any atom is 0.0515 e. The molecule has 1 aliphatic carbocycles. The Morgan fingerprint density at radius 1 is 1.67 bits per heavy atom. The summed E-state index contributed by atoms with van der Waals surface area (Å²) in [6.07, 6.45) is 2.62. The van der Waals surface area contributed by atoms with E-state index in [-0.39, 0.29) is 6.04 Å². The van der Waals surface area contributed by atoms with Crippen molar-refractivity contribution in [2.45, 2.75) is 37.8 Å². The van der Waals surface area contributed by atoms with E-state index in [1.165, 1.54) is 17.7 Å². The van der Waals surface area contributed by atoms with Crippen LogP contribution in [0.3, 0.4) is 0 Å². The summed E-state index contributed by atoms with van der Waals surface area (Å²) in [5.74, 6) is 0.383. The van der Waals surface area contributed by atoms with Crippen molar-refractivity contribution in [3.05, 3.63) is 21.3 Å². The third-order valence-corrected chi connectivity index (χ3v) is 4.38. The zero-order valence-corrected chi connectivity index (χ0v) is 10.4. The zero-order chi connectivity index (χ0) is 10.8. The molecule has 0 amide bonds. The summed E-state index contributed by atoms with van der Waals surface area (Å²) in [4.78, 5) is 1.28. The summed E-state index contributed by atoms with van der Waals surface area (Å²) in [6, 6.07) is 2.93. The SMILES string of the molecule is CC(c1cc(Cl)cs1)C(N)CNC1CC1. The molecular formula is C11H17ClN2S. The van der Waals surface area contributed by atoms with Crippen molar-refractivity contribution in [1.82, 2.24) is 5.32 Å². The highest BCUT2D eigenvalue weighted by Crippen LogP contribution is 2.28. The average Bonchev–Trinajstić information content (AvgIpc) is 2.95. The van der Waals surface area contributed by atoms with Crippen LogP contribution in [0.2, 0.25) is 5.02 Å². The molecule has 4 heteroatoms. The first-order chi connectivity index (χ1) is 7.16. The Balaban J connectivity index is 1.85. The summed E-state index contributed by atoms with van der Waals surface area (Å²) in [5.41, 5.74) is 6.14. The quantitative estimate of drug-likeness (QED) is 0.836. The molecule has 0 radical (unpaired) electrons. The molecule has 0 aliphatic heterocycles. The Kier molecular flexibility index (Phi) is 3.67. The van der Waals surface area contributed by atoms with Gasteiger partial charge in [0, 0.05) is 34.8 Å². The molecule has 1 aliphatic rings. The smallest absolute Gasteiger partial charge is 0.0515 e. The maximum absolute atomic E-state index is 6.14. The van der Waals surface area contributed by atoms with Crippen LogP contribution in [0, 0.1) is 0 Å². The fraction of sp³-hybridized carbons (Fsp3) is 0.636. The summed E-state index contributed by atoms with van der Waals surface area (Å²) in [6.45, 7) is 3.07. The summed E-state index contributed by atoms with van der Waals surface area (Å²) < 4.78 is 0. The molecule has 0 aromatic carbocycles. The molecule has 1 saturated carbocycles. The molecule has 1 heterocycles. The summed E-state index contributed by atoms with van der Waals surface area (Å²) in [5, 5.41) is 6.25. The Morgan fingerprint density at radius 2 is 2.40 bits per heavy atom. The van der Waals surface area contributed by atoms with E-state index in [4.69, 9.17) is 17.3 Å². The van der Waals surface area contributed by atoms with E-state index in [2.05, 4.69) is 12.2 Å². The highest BCUT2D eigenvalue weighted by molar-refractivity contribution is 7.10. The van der Waals surface area contributed by atoms with Gasteiger partial charge in [-0.2, -0.15) is 0 Å². The zero-order valence-electron chi connectivity index (χ0n) is 8.87. The molecule has 84 valence electrons. The Hall–Kier alpha value is -0.0900. The van der Waals surface area contributed by atoms with Crippen LogP contribution in [0.15, 0.2) is 11.4 Å². The third kappa shape index (κ3) is 3.18. The van der Waals surface area contributed by atoms with E-state index in [1.807, 2.05) is 11.4 Å². The lowest BCUT2D eigenvalue weighted by Crippen LogP contribution is -2.38. The second-order valence-corrected chi connectivity index (χ2v) is 5.68. The van der Waals surface area contributed by atoms with E-state index in [0.29, 0.717) is 5.92 Å². The third-order valence-electron chi connectivity index (χ3n) is 2.90. The number of nitrogens with two attached hydrogens (primary N) is 1. The van der Waals surface area contributed by atoms with Gasteiger partial charge in [-0.25, -0.2) is 0 Å². The van der Waals surface area contributed by atoms with Crippen molar-refractivity contribution in [1.29, 1.82) is 0 Å². The molecule has 0 spiro atoms. The number of hydrogen-bond acceptors (Lipinski definition) is 3. The normalized spacial score (nSPS) is 20.2. The van der Waals surface area contributed by atoms with Crippen LogP contribution in [-0.4, -0.2) is 18.6 Å². The lowest BCUT2D eigenvalue weighted by Gasteiger charge is -2.19. The first kappa shape index (κ1) is 11.4. The van der Waals surface area contributed by atoms with Gasteiger partial charge in [-0.15, -0.1) is 11.3 Å². The van der Waals surface area contributed by atoms with Gasteiger partial charge in [0.25, 0.3) is 0 Å². The lowest BCUT2D eigenvalue weighted by molar-refractivity contribution is 0.516. The van der Waals surface area contributed by atoms with Gasteiger partial charge in [-0.05, 0) is 18.9 Å². The van der Waals surface area contributed by atoms with Crippen LogP contribution in [0.4, 0.5) is 0 Å². The topological polar surface area (TPSA) is 38.0 Å². The molecule has 1 aromatic rings. The van der Waals surface area contributed by atoms with Crippen molar-refractivity contribution in [2.24, 2.45) is 5.73 Å². The first-order valence-electron chi connectivity index (χ1n) is 5.39. The number of rotatable bonds is 5. The first-order valence-corrected chi connectivity index (χ1v) is 6.65. The largest absolute Gasteiger partial charge is 0.326 e. The minimum absolute atomic E-state index is 0.181. The predicted molar refractivity (Wildman–Crippen MR) is 66.7 cm³/mol. The van der Waals surface area contributed by atoms with Crippen LogP contribution in [0.1, 0.15) is 30.6 Å². The van der Waals surface area contributed by atoms with Crippen LogP contribution < -0.4 is 11.1 Å². The van der Waals surface area contributed by atoms with Crippen LogP contribution in [0.25, 0.3) is 0 Å². The Labute approximate surface area is 99.8 Å². The van der Waals surface area contributed by atoms with Crippen LogP contribution in [-0.2, 0) is 0 Å². The van der Waals surface area contributed by atoms with Gasteiger partial charge in [0.1, 0.15) is 0 Å². The minimum atomic E-state index is 0.181. The van der Waals surface area contributed by atoms with Gasteiger partial charge in [-0.3, -0.25) is 0 Å². The number of halogens is 1.